The average molecular weight is 309 g/mol. The van der Waals surface area contributed by atoms with Crippen LogP contribution < -0.4 is 9.47 Å². The Morgan fingerprint density at radius 2 is 1.71 bits per heavy atom. The van der Waals surface area contributed by atoms with E-state index in [4.69, 9.17) is 21.1 Å². The molecule has 0 aliphatic carbocycles. The van der Waals surface area contributed by atoms with Gasteiger partial charge < -0.3 is 9.47 Å². The summed E-state index contributed by atoms with van der Waals surface area (Å²) < 4.78 is 24.2. The number of rotatable bonds is 4. The highest BCUT2D eigenvalue weighted by atomic mass is 35.5. The molecule has 0 saturated carbocycles. The topological polar surface area (TPSA) is 35.5 Å². The van der Waals surface area contributed by atoms with Crippen molar-refractivity contribution in [1.82, 2.24) is 0 Å². The minimum Gasteiger partial charge on any atom is -0.493 e. The first-order valence-corrected chi connectivity index (χ1v) is 6.58. The zero-order valence-electron chi connectivity index (χ0n) is 11.9. The van der Waals surface area contributed by atoms with Gasteiger partial charge in [-0.15, -0.1) is 0 Å². The number of methoxy groups -OCH3 is 2. The molecule has 2 rings (SSSR count). The minimum absolute atomic E-state index is 0.0902. The van der Waals surface area contributed by atoms with Crippen molar-refractivity contribution in [3.63, 3.8) is 0 Å². The second-order valence-corrected chi connectivity index (χ2v) is 4.89. The smallest absolute Gasteiger partial charge is 0.196 e. The lowest BCUT2D eigenvalue weighted by molar-refractivity contribution is 0.103. The Morgan fingerprint density at radius 3 is 2.29 bits per heavy atom. The van der Waals surface area contributed by atoms with Crippen molar-refractivity contribution >= 4 is 17.4 Å². The Morgan fingerprint density at radius 1 is 1.10 bits per heavy atom. The third-order valence-corrected chi connectivity index (χ3v) is 3.56. The monoisotopic (exact) mass is 308 g/mol. The largest absolute Gasteiger partial charge is 0.493 e. The molecule has 0 atom stereocenters. The molecule has 0 unspecified atom stereocenters. The summed E-state index contributed by atoms with van der Waals surface area (Å²) in [4.78, 5) is 12.4. The van der Waals surface area contributed by atoms with Crippen molar-refractivity contribution in [1.29, 1.82) is 0 Å². The van der Waals surface area contributed by atoms with E-state index in [1.165, 1.54) is 26.4 Å². The molecular weight excluding hydrogens is 295 g/mol. The van der Waals surface area contributed by atoms with E-state index in [1.54, 1.807) is 12.1 Å². The minimum atomic E-state index is -0.672. The van der Waals surface area contributed by atoms with Crippen LogP contribution in [0, 0.1) is 12.7 Å². The molecule has 2 aromatic rings. The third-order valence-electron chi connectivity index (χ3n) is 3.15. The van der Waals surface area contributed by atoms with Crippen molar-refractivity contribution in [2.75, 3.05) is 14.2 Å². The van der Waals surface area contributed by atoms with Gasteiger partial charge in [-0.05, 0) is 24.6 Å². The molecule has 0 aliphatic heterocycles. The predicted molar refractivity (Wildman–Crippen MR) is 79.1 cm³/mol. The van der Waals surface area contributed by atoms with E-state index in [-0.39, 0.29) is 11.3 Å². The number of carbonyl (C=O) groups is 1. The Kier molecular flexibility index (Phi) is 4.48. The molecule has 0 radical (unpaired) electrons. The molecular formula is C16H14ClFO3. The summed E-state index contributed by atoms with van der Waals surface area (Å²) in [5.74, 6) is -0.612. The van der Waals surface area contributed by atoms with Gasteiger partial charge in [-0.2, -0.15) is 0 Å². The number of hydrogen-bond donors (Lipinski definition) is 0. The standard InChI is InChI=1S/C16H14ClFO3/c1-9-4-5-10(6-12(9)17)16(19)11-7-14(20-2)15(21-3)8-13(11)18/h4-8H,1-3H3. The first-order chi connectivity index (χ1) is 9.97. The van der Waals surface area contributed by atoms with Crippen LogP contribution in [0.2, 0.25) is 5.02 Å². The molecule has 0 bridgehead atoms. The van der Waals surface area contributed by atoms with Crippen LogP contribution in [-0.4, -0.2) is 20.0 Å². The number of ether oxygens (including phenoxy) is 2. The normalized spacial score (nSPS) is 10.3. The van der Waals surface area contributed by atoms with Crippen LogP contribution in [0.1, 0.15) is 21.5 Å². The summed E-state index contributed by atoms with van der Waals surface area (Å²) in [6.45, 7) is 1.83. The molecule has 0 aromatic heterocycles. The fourth-order valence-electron chi connectivity index (χ4n) is 1.92. The molecule has 3 nitrogen and oxygen atoms in total. The average Bonchev–Trinajstić information content (AvgIpc) is 2.49. The first-order valence-electron chi connectivity index (χ1n) is 6.20. The number of aryl methyl sites for hydroxylation is 1. The van der Waals surface area contributed by atoms with Gasteiger partial charge in [0.1, 0.15) is 5.82 Å². The lowest BCUT2D eigenvalue weighted by Crippen LogP contribution is -2.06. The Labute approximate surface area is 127 Å². The molecule has 0 aliphatic rings. The maximum Gasteiger partial charge on any atom is 0.196 e. The highest BCUT2D eigenvalue weighted by Crippen LogP contribution is 2.31. The van der Waals surface area contributed by atoms with Gasteiger partial charge in [0.25, 0.3) is 0 Å². The third kappa shape index (κ3) is 3.00. The lowest BCUT2D eigenvalue weighted by Gasteiger charge is -2.11. The van der Waals surface area contributed by atoms with Gasteiger partial charge in [-0.3, -0.25) is 4.79 Å². The molecule has 5 heteroatoms. The van der Waals surface area contributed by atoms with Crippen molar-refractivity contribution in [2.45, 2.75) is 6.92 Å². The van der Waals surface area contributed by atoms with Crippen LogP contribution >= 0.6 is 11.6 Å². The molecule has 0 amide bonds. The van der Waals surface area contributed by atoms with E-state index in [0.29, 0.717) is 16.3 Å². The van der Waals surface area contributed by atoms with E-state index >= 15 is 0 Å². The lowest BCUT2D eigenvalue weighted by atomic mass is 10.0. The van der Waals surface area contributed by atoms with E-state index in [2.05, 4.69) is 0 Å². The quantitative estimate of drug-likeness (QED) is 0.800. The number of carbonyl (C=O) groups excluding carboxylic acids is 1. The highest BCUT2D eigenvalue weighted by Gasteiger charge is 2.19. The molecule has 2 aromatic carbocycles. The van der Waals surface area contributed by atoms with Gasteiger partial charge in [-0.25, -0.2) is 4.39 Å². The van der Waals surface area contributed by atoms with Gasteiger partial charge in [0.15, 0.2) is 17.3 Å². The summed E-state index contributed by atoms with van der Waals surface area (Å²) >= 11 is 6.00. The van der Waals surface area contributed by atoms with Crippen LogP contribution in [0.5, 0.6) is 11.5 Å². The van der Waals surface area contributed by atoms with E-state index in [9.17, 15) is 9.18 Å². The summed E-state index contributed by atoms with van der Waals surface area (Å²) in [6.07, 6.45) is 0. The van der Waals surface area contributed by atoms with Crippen molar-refractivity contribution in [3.05, 3.63) is 57.9 Å². The number of ketones is 1. The molecule has 0 spiro atoms. The second-order valence-electron chi connectivity index (χ2n) is 4.48. The zero-order chi connectivity index (χ0) is 15.6. The number of hydrogen-bond acceptors (Lipinski definition) is 3. The van der Waals surface area contributed by atoms with Gasteiger partial charge in [0.2, 0.25) is 0 Å². The predicted octanol–water partition coefficient (Wildman–Crippen LogP) is 4.04. The Bertz CT molecular complexity index is 698. The van der Waals surface area contributed by atoms with E-state index in [0.717, 1.165) is 11.6 Å². The summed E-state index contributed by atoms with van der Waals surface area (Å²) in [6, 6.07) is 7.30. The van der Waals surface area contributed by atoms with E-state index in [1.807, 2.05) is 6.92 Å². The van der Waals surface area contributed by atoms with Crippen LogP contribution in [-0.2, 0) is 0 Å². The van der Waals surface area contributed by atoms with Crippen molar-refractivity contribution in [2.24, 2.45) is 0 Å². The van der Waals surface area contributed by atoms with Gasteiger partial charge in [0, 0.05) is 16.7 Å². The van der Waals surface area contributed by atoms with Crippen LogP contribution in [0.25, 0.3) is 0 Å². The van der Waals surface area contributed by atoms with Gasteiger partial charge in [0.05, 0.1) is 19.8 Å². The second kappa shape index (κ2) is 6.14. The fourth-order valence-corrected chi connectivity index (χ4v) is 2.10. The fraction of sp³-hybridized carbons (Fsp3) is 0.188. The summed E-state index contributed by atoms with van der Waals surface area (Å²) in [7, 11) is 2.82. The Hall–Kier alpha value is -2.07. The van der Waals surface area contributed by atoms with Crippen molar-refractivity contribution < 1.29 is 18.7 Å². The SMILES string of the molecule is COc1cc(F)c(C(=O)c2ccc(C)c(Cl)c2)cc1OC. The van der Waals surface area contributed by atoms with E-state index < -0.39 is 11.6 Å². The van der Waals surface area contributed by atoms with Crippen LogP contribution in [0.15, 0.2) is 30.3 Å². The molecule has 0 N–H and O–H groups in total. The molecule has 21 heavy (non-hydrogen) atoms. The maximum atomic E-state index is 14.1. The Balaban J connectivity index is 2.50. The highest BCUT2D eigenvalue weighted by molar-refractivity contribution is 6.31. The van der Waals surface area contributed by atoms with Crippen molar-refractivity contribution in [3.8, 4) is 11.5 Å². The molecule has 0 heterocycles. The van der Waals surface area contributed by atoms with Gasteiger partial charge >= 0.3 is 0 Å². The number of halogens is 2. The molecule has 0 fully saturated rings. The van der Waals surface area contributed by atoms with Crippen LogP contribution in [0.3, 0.4) is 0 Å². The molecule has 110 valence electrons. The number of benzene rings is 2. The summed E-state index contributed by atoms with van der Waals surface area (Å²) in [5, 5.41) is 0.460. The maximum absolute atomic E-state index is 14.1. The van der Waals surface area contributed by atoms with Crippen LogP contribution in [0.4, 0.5) is 4.39 Å². The zero-order valence-corrected chi connectivity index (χ0v) is 12.6. The first kappa shape index (κ1) is 15.3. The summed E-state index contributed by atoms with van der Waals surface area (Å²) in [5.41, 5.74) is 1.07. The molecule has 0 saturated heterocycles. The van der Waals surface area contributed by atoms with Gasteiger partial charge in [-0.1, -0.05) is 23.7 Å².